The number of nitrogens with zero attached hydrogens (tertiary/aromatic N) is 1. The third-order valence-electron chi connectivity index (χ3n) is 4.08. The molecule has 1 amide bonds. The molecule has 0 saturated carbocycles. The summed E-state index contributed by atoms with van der Waals surface area (Å²) in [4.78, 5) is 25.3. The zero-order valence-electron chi connectivity index (χ0n) is 11.8. The van der Waals surface area contributed by atoms with Crippen molar-refractivity contribution >= 4 is 11.9 Å². The number of rotatable bonds is 5. The maximum atomic E-state index is 12.5. The Morgan fingerprint density at radius 1 is 1.39 bits per heavy atom. The lowest BCUT2D eigenvalue weighted by molar-refractivity contribution is -0.144. The normalized spacial score (nSPS) is 25.5. The van der Waals surface area contributed by atoms with Gasteiger partial charge in [-0.05, 0) is 25.7 Å². The number of aliphatic carboxylic acids is 1. The summed E-state index contributed by atoms with van der Waals surface area (Å²) in [6.45, 7) is 8.65. The summed E-state index contributed by atoms with van der Waals surface area (Å²) in [6, 6.07) is -0.173. The van der Waals surface area contributed by atoms with Crippen LogP contribution in [-0.2, 0) is 9.59 Å². The molecule has 0 aromatic rings. The second kappa shape index (κ2) is 6.21. The fourth-order valence-electron chi connectivity index (χ4n) is 2.85. The molecule has 0 aromatic heterocycles. The molecule has 1 heterocycles. The molecule has 18 heavy (non-hydrogen) atoms. The molecule has 3 unspecified atom stereocenters. The third kappa shape index (κ3) is 3.03. The topological polar surface area (TPSA) is 57.6 Å². The molecule has 1 saturated heterocycles. The van der Waals surface area contributed by atoms with Crippen molar-refractivity contribution in [2.75, 3.05) is 6.54 Å². The Hall–Kier alpha value is -1.06. The van der Waals surface area contributed by atoms with Crippen molar-refractivity contribution in [1.82, 2.24) is 4.90 Å². The first-order chi connectivity index (χ1) is 8.40. The van der Waals surface area contributed by atoms with Gasteiger partial charge in [-0.3, -0.25) is 9.59 Å². The highest BCUT2D eigenvalue weighted by Gasteiger charge is 2.40. The van der Waals surface area contributed by atoms with E-state index in [1.165, 1.54) is 0 Å². The highest BCUT2D eigenvalue weighted by molar-refractivity contribution is 5.81. The van der Waals surface area contributed by atoms with Gasteiger partial charge in [0.05, 0.1) is 5.92 Å². The van der Waals surface area contributed by atoms with E-state index in [1.807, 2.05) is 6.92 Å². The lowest BCUT2D eigenvalue weighted by Crippen LogP contribution is -2.42. The predicted octanol–water partition coefficient (Wildman–Crippen LogP) is 2.38. The van der Waals surface area contributed by atoms with Crippen LogP contribution < -0.4 is 0 Å². The number of carboxylic acid groups (broad SMARTS) is 1. The summed E-state index contributed by atoms with van der Waals surface area (Å²) in [6.07, 6.45) is 2.45. The van der Waals surface area contributed by atoms with Crippen LogP contribution in [0.4, 0.5) is 0 Å². The standard InChI is InChI=1S/C14H25NO3/c1-5-6-11(9(2)3)13(16)15-8-7-12(10(15)4)14(17)18/h9-12H,5-8H2,1-4H3,(H,17,18). The largest absolute Gasteiger partial charge is 0.481 e. The molecule has 0 radical (unpaired) electrons. The average Bonchev–Trinajstić information content (AvgIpc) is 2.66. The van der Waals surface area contributed by atoms with E-state index < -0.39 is 11.9 Å². The number of hydrogen-bond donors (Lipinski definition) is 1. The SMILES string of the molecule is CCCC(C(=O)N1CCC(C(=O)O)C1C)C(C)C. The third-order valence-corrected chi connectivity index (χ3v) is 4.08. The van der Waals surface area contributed by atoms with Gasteiger partial charge in [0.15, 0.2) is 0 Å². The maximum absolute atomic E-state index is 12.5. The molecule has 1 fully saturated rings. The van der Waals surface area contributed by atoms with Crippen molar-refractivity contribution in [3.05, 3.63) is 0 Å². The van der Waals surface area contributed by atoms with E-state index in [4.69, 9.17) is 5.11 Å². The molecular formula is C14H25NO3. The van der Waals surface area contributed by atoms with Crippen LogP contribution in [0.3, 0.4) is 0 Å². The smallest absolute Gasteiger partial charge is 0.308 e. The Morgan fingerprint density at radius 3 is 2.39 bits per heavy atom. The minimum Gasteiger partial charge on any atom is -0.481 e. The Kier molecular flexibility index (Phi) is 5.17. The number of carbonyl (C=O) groups is 2. The van der Waals surface area contributed by atoms with Gasteiger partial charge < -0.3 is 10.0 Å². The minimum absolute atomic E-state index is 0.0324. The van der Waals surface area contributed by atoms with Gasteiger partial charge in [-0.15, -0.1) is 0 Å². The van der Waals surface area contributed by atoms with Gasteiger partial charge in [-0.2, -0.15) is 0 Å². The van der Waals surface area contributed by atoms with Crippen LogP contribution in [0.1, 0.15) is 47.0 Å². The van der Waals surface area contributed by atoms with Crippen molar-refractivity contribution < 1.29 is 14.7 Å². The highest BCUT2D eigenvalue weighted by atomic mass is 16.4. The minimum atomic E-state index is -0.783. The predicted molar refractivity (Wildman–Crippen MR) is 70.2 cm³/mol. The van der Waals surface area contributed by atoms with Crippen LogP contribution in [-0.4, -0.2) is 34.5 Å². The first kappa shape index (κ1) is 15.0. The Balaban J connectivity index is 2.75. The molecule has 1 aliphatic rings. The summed E-state index contributed by atoms with van der Waals surface area (Å²) < 4.78 is 0. The zero-order valence-corrected chi connectivity index (χ0v) is 11.8. The van der Waals surface area contributed by atoms with Crippen molar-refractivity contribution in [2.45, 2.75) is 53.0 Å². The van der Waals surface area contributed by atoms with Gasteiger partial charge in [0, 0.05) is 18.5 Å². The molecular weight excluding hydrogens is 230 g/mol. The Labute approximate surface area is 109 Å². The average molecular weight is 255 g/mol. The fraction of sp³-hybridized carbons (Fsp3) is 0.857. The Morgan fingerprint density at radius 2 is 2.00 bits per heavy atom. The molecule has 3 atom stereocenters. The van der Waals surface area contributed by atoms with Gasteiger partial charge in [-0.1, -0.05) is 27.2 Å². The monoisotopic (exact) mass is 255 g/mol. The second-order valence-corrected chi connectivity index (χ2v) is 5.64. The van der Waals surface area contributed by atoms with Crippen LogP contribution in [0.25, 0.3) is 0 Å². The summed E-state index contributed by atoms with van der Waals surface area (Å²) in [7, 11) is 0. The van der Waals surface area contributed by atoms with Crippen LogP contribution in [0, 0.1) is 17.8 Å². The molecule has 1 aliphatic heterocycles. The summed E-state index contributed by atoms with van der Waals surface area (Å²) in [5.41, 5.74) is 0. The van der Waals surface area contributed by atoms with Gasteiger partial charge >= 0.3 is 5.97 Å². The molecule has 4 nitrogen and oxygen atoms in total. The second-order valence-electron chi connectivity index (χ2n) is 5.64. The van der Waals surface area contributed by atoms with Gasteiger partial charge in [-0.25, -0.2) is 0 Å². The maximum Gasteiger partial charge on any atom is 0.308 e. The quantitative estimate of drug-likeness (QED) is 0.820. The van der Waals surface area contributed by atoms with E-state index in [9.17, 15) is 9.59 Å². The van der Waals surface area contributed by atoms with E-state index in [0.29, 0.717) is 18.9 Å². The summed E-state index contributed by atoms with van der Waals surface area (Å²) >= 11 is 0. The molecule has 0 bridgehead atoms. The van der Waals surface area contributed by atoms with Crippen LogP contribution in [0.15, 0.2) is 0 Å². The lowest BCUT2D eigenvalue weighted by atomic mass is 9.89. The van der Waals surface area contributed by atoms with Crippen molar-refractivity contribution in [3.8, 4) is 0 Å². The van der Waals surface area contributed by atoms with E-state index in [1.54, 1.807) is 4.90 Å². The number of carboxylic acids is 1. The lowest BCUT2D eigenvalue weighted by Gasteiger charge is -2.29. The molecule has 0 aliphatic carbocycles. The van der Waals surface area contributed by atoms with Gasteiger partial charge in [0.25, 0.3) is 0 Å². The number of likely N-dealkylation sites (tertiary alicyclic amines) is 1. The molecule has 1 rings (SSSR count). The Bertz CT molecular complexity index is 314. The molecule has 1 N–H and O–H groups in total. The van der Waals surface area contributed by atoms with E-state index >= 15 is 0 Å². The highest BCUT2D eigenvalue weighted by Crippen LogP contribution is 2.29. The molecule has 0 spiro atoms. The fourth-order valence-corrected chi connectivity index (χ4v) is 2.85. The van der Waals surface area contributed by atoms with Crippen LogP contribution in [0.2, 0.25) is 0 Å². The van der Waals surface area contributed by atoms with Crippen molar-refractivity contribution in [2.24, 2.45) is 17.8 Å². The summed E-state index contributed by atoms with van der Waals surface area (Å²) in [5, 5.41) is 9.10. The van der Waals surface area contributed by atoms with Crippen molar-refractivity contribution in [3.63, 3.8) is 0 Å². The molecule has 0 aromatic carbocycles. The number of hydrogen-bond acceptors (Lipinski definition) is 2. The van der Waals surface area contributed by atoms with Crippen molar-refractivity contribution in [1.29, 1.82) is 0 Å². The first-order valence-electron chi connectivity index (χ1n) is 6.93. The van der Waals surface area contributed by atoms with Crippen LogP contribution in [0.5, 0.6) is 0 Å². The van der Waals surface area contributed by atoms with E-state index in [2.05, 4.69) is 20.8 Å². The zero-order chi connectivity index (χ0) is 13.9. The van der Waals surface area contributed by atoms with Gasteiger partial charge in [0.1, 0.15) is 0 Å². The molecule has 104 valence electrons. The number of carbonyl (C=O) groups excluding carboxylic acids is 1. The summed E-state index contributed by atoms with van der Waals surface area (Å²) in [5.74, 6) is -0.695. The van der Waals surface area contributed by atoms with E-state index in [0.717, 1.165) is 12.8 Å². The number of amides is 1. The van der Waals surface area contributed by atoms with Gasteiger partial charge in [0.2, 0.25) is 5.91 Å². The van der Waals surface area contributed by atoms with Crippen LogP contribution >= 0.6 is 0 Å². The molecule has 4 heteroatoms. The first-order valence-corrected chi connectivity index (χ1v) is 6.93. The van der Waals surface area contributed by atoms with E-state index in [-0.39, 0.29) is 17.9 Å².